The van der Waals surface area contributed by atoms with Crippen LogP contribution in [-0.2, 0) is 13.0 Å². The van der Waals surface area contributed by atoms with Gasteiger partial charge < -0.3 is 9.88 Å². The third-order valence-corrected chi connectivity index (χ3v) is 5.86. The standard InChI is InChI=1S/C22H28FN3O/c23-17-10-8-9-16(15-17)21-25-20(19-13-6-3-7-14-26(19)21)22(27)24-18-11-4-1-2-5-12-18/h8-10,15,18H,1-7,11-14H2,(H,24,27). The molecule has 144 valence electrons. The quantitative estimate of drug-likeness (QED) is 0.785. The molecule has 0 spiro atoms. The summed E-state index contributed by atoms with van der Waals surface area (Å²) < 4.78 is 15.9. The van der Waals surface area contributed by atoms with Crippen molar-refractivity contribution in [1.29, 1.82) is 0 Å². The van der Waals surface area contributed by atoms with Crippen molar-refractivity contribution in [2.24, 2.45) is 0 Å². The Bertz CT molecular complexity index is 806. The number of aromatic nitrogens is 2. The number of hydrogen-bond donors (Lipinski definition) is 1. The summed E-state index contributed by atoms with van der Waals surface area (Å²) in [5, 5.41) is 3.23. The lowest BCUT2D eigenvalue weighted by atomic mass is 10.1. The maximum atomic E-state index is 13.8. The number of hydrogen-bond acceptors (Lipinski definition) is 2. The maximum absolute atomic E-state index is 13.8. The Kier molecular flexibility index (Phi) is 5.55. The molecular formula is C22H28FN3O. The highest BCUT2D eigenvalue weighted by Gasteiger charge is 2.26. The van der Waals surface area contributed by atoms with Crippen LogP contribution in [0.1, 0.15) is 74.0 Å². The van der Waals surface area contributed by atoms with Crippen LogP contribution in [0, 0.1) is 5.82 Å². The van der Waals surface area contributed by atoms with Crippen molar-refractivity contribution in [2.45, 2.75) is 76.8 Å². The first kappa shape index (κ1) is 18.2. The van der Waals surface area contributed by atoms with Crippen LogP contribution < -0.4 is 5.32 Å². The fourth-order valence-corrected chi connectivity index (χ4v) is 4.43. The van der Waals surface area contributed by atoms with Gasteiger partial charge >= 0.3 is 0 Å². The van der Waals surface area contributed by atoms with Gasteiger partial charge in [-0.1, -0.05) is 44.2 Å². The first-order valence-corrected chi connectivity index (χ1v) is 10.4. The molecule has 5 heteroatoms. The van der Waals surface area contributed by atoms with Gasteiger partial charge in [0.05, 0.1) is 5.69 Å². The molecule has 1 aromatic carbocycles. The molecule has 0 unspecified atom stereocenters. The van der Waals surface area contributed by atoms with E-state index in [1.54, 1.807) is 6.07 Å². The fraction of sp³-hybridized carbons (Fsp3) is 0.545. The molecule has 2 aromatic rings. The lowest BCUT2D eigenvalue weighted by Crippen LogP contribution is -2.35. The van der Waals surface area contributed by atoms with Crippen LogP contribution in [0.4, 0.5) is 4.39 Å². The average molecular weight is 369 g/mol. The number of carbonyl (C=O) groups excluding carboxylic acids is 1. The van der Waals surface area contributed by atoms with Crippen LogP contribution >= 0.6 is 0 Å². The highest BCUT2D eigenvalue weighted by atomic mass is 19.1. The topological polar surface area (TPSA) is 46.9 Å². The van der Waals surface area contributed by atoms with Gasteiger partial charge in [0.15, 0.2) is 0 Å². The van der Waals surface area contributed by atoms with Crippen LogP contribution in [0.2, 0.25) is 0 Å². The first-order chi connectivity index (χ1) is 13.2. The molecule has 1 aromatic heterocycles. The van der Waals surface area contributed by atoms with Gasteiger partial charge in [-0.2, -0.15) is 0 Å². The zero-order valence-corrected chi connectivity index (χ0v) is 15.8. The summed E-state index contributed by atoms with van der Waals surface area (Å²) in [6.07, 6.45) is 11.1. The van der Waals surface area contributed by atoms with E-state index >= 15 is 0 Å². The summed E-state index contributed by atoms with van der Waals surface area (Å²) in [5.41, 5.74) is 2.30. The van der Waals surface area contributed by atoms with Crippen molar-refractivity contribution >= 4 is 5.91 Å². The Labute approximate surface area is 160 Å². The SMILES string of the molecule is O=C(NC1CCCCCC1)c1nc(-c2cccc(F)c2)n2c1CCCCC2. The molecule has 27 heavy (non-hydrogen) atoms. The minimum Gasteiger partial charge on any atom is -0.348 e. The second-order valence-corrected chi connectivity index (χ2v) is 7.87. The van der Waals surface area contributed by atoms with Crippen molar-refractivity contribution in [1.82, 2.24) is 14.9 Å². The van der Waals surface area contributed by atoms with Crippen molar-refractivity contribution in [2.75, 3.05) is 0 Å². The van der Waals surface area contributed by atoms with E-state index in [2.05, 4.69) is 9.88 Å². The molecule has 4 nitrogen and oxygen atoms in total. The summed E-state index contributed by atoms with van der Waals surface area (Å²) in [5.74, 6) is 0.385. The molecule has 1 aliphatic carbocycles. The maximum Gasteiger partial charge on any atom is 0.272 e. The number of carbonyl (C=O) groups is 1. The van der Waals surface area contributed by atoms with Gasteiger partial charge in [0.25, 0.3) is 5.91 Å². The molecule has 1 fully saturated rings. The minimum atomic E-state index is -0.275. The zero-order chi connectivity index (χ0) is 18.6. The van der Waals surface area contributed by atoms with Gasteiger partial charge in [-0.25, -0.2) is 9.37 Å². The Morgan fingerprint density at radius 2 is 1.85 bits per heavy atom. The summed E-state index contributed by atoms with van der Waals surface area (Å²) in [4.78, 5) is 17.8. The van der Waals surface area contributed by atoms with Gasteiger partial charge in [0.2, 0.25) is 0 Å². The second kappa shape index (κ2) is 8.24. The molecule has 0 bridgehead atoms. The van der Waals surface area contributed by atoms with E-state index in [1.165, 1.54) is 37.8 Å². The number of nitrogens with zero attached hydrogens (tertiary/aromatic N) is 2. The van der Waals surface area contributed by atoms with Gasteiger partial charge in [-0.05, 0) is 44.2 Å². The van der Waals surface area contributed by atoms with E-state index in [9.17, 15) is 9.18 Å². The van der Waals surface area contributed by atoms with Crippen LogP contribution in [0.15, 0.2) is 24.3 Å². The average Bonchev–Trinajstić information content (AvgIpc) is 2.86. The van der Waals surface area contributed by atoms with Gasteiger partial charge in [0, 0.05) is 18.2 Å². The lowest BCUT2D eigenvalue weighted by Gasteiger charge is -2.16. The number of amides is 1. The van der Waals surface area contributed by atoms with Crippen LogP contribution in [0.5, 0.6) is 0 Å². The minimum absolute atomic E-state index is 0.0600. The third kappa shape index (κ3) is 4.07. The molecular weight excluding hydrogens is 341 g/mol. The summed E-state index contributed by atoms with van der Waals surface area (Å²) in [7, 11) is 0. The monoisotopic (exact) mass is 369 g/mol. The smallest absolute Gasteiger partial charge is 0.272 e. The second-order valence-electron chi connectivity index (χ2n) is 7.87. The number of halogens is 1. The summed E-state index contributed by atoms with van der Waals surface area (Å²) in [6, 6.07) is 6.77. The summed E-state index contributed by atoms with van der Waals surface area (Å²) in [6.45, 7) is 0.838. The number of benzene rings is 1. The van der Waals surface area contributed by atoms with Gasteiger partial charge in [0.1, 0.15) is 17.3 Å². The van der Waals surface area contributed by atoms with Crippen molar-refractivity contribution in [3.05, 3.63) is 41.5 Å². The molecule has 2 aliphatic rings. The largest absolute Gasteiger partial charge is 0.348 e. The highest BCUT2D eigenvalue weighted by molar-refractivity contribution is 5.94. The predicted octanol–water partition coefficient (Wildman–Crippen LogP) is 4.87. The van der Waals surface area contributed by atoms with E-state index in [0.29, 0.717) is 5.69 Å². The Balaban J connectivity index is 1.66. The fourth-order valence-electron chi connectivity index (χ4n) is 4.43. The molecule has 2 heterocycles. The number of fused-ring (bicyclic) bond motifs is 1. The van der Waals surface area contributed by atoms with E-state index < -0.39 is 0 Å². The molecule has 4 rings (SSSR count). The molecule has 0 saturated heterocycles. The Morgan fingerprint density at radius 3 is 2.63 bits per heavy atom. The van der Waals surface area contributed by atoms with Gasteiger partial charge in [-0.15, -0.1) is 0 Å². The molecule has 1 N–H and O–H groups in total. The van der Waals surface area contributed by atoms with Crippen LogP contribution in [-0.4, -0.2) is 21.5 Å². The molecule has 1 amide bonds. The first-order valence-electron chi connectivity index (χ1n) is 10.4. The van der Waals surface area contributed by atoms with E-state index in [0.717, 1.165) is 62.2 Å². The summed E-state index contributed by atoms with van der Waals surface area (Å²) >= 11 is 0. The number of nitrogens with one attached hydrogen (secondary N) is 1. The van der Waals surface area contributed by atoms with Crippen molar-refractivity contribution < 1.29 is 9.18 Å². The highest BCUT2D eigenvalue weighted by Crippen LogP contribution is 2.28. The normalized spacial score (nSPS) is 18.4. The number of imidazole rings is 1. The Hall–Kier alpha value is -2.17. The zero-order valence-electron chi connectivity index (χ0n) is 15.8. The molecule has 1 saturated carbocycles. The predicted molar refractivity (Wildman–Crippen MR) is 104 cm³/mol. The van der Waals surface area contributed by atoms with E-state index in [-0.39, 0.29) is 17.8 Å². The van der Waals surface area contributed by atoms with E-state index in [4.69, 9.17) is 4.98 Å². The van der Waals surface area contributed by atoms with Crippen LogP contribution in [0.3, 0.4) is 0 Å². The van der Waals surface area contributed by atoms with Crippen LogP contribution in [0.25, 0.3) is 11.4 Å². The third-order valence-electron chi connectivity index (χ3n) is 5.86. The number of rotatable bonds is 3. The van der Waals surface area contributed by atoms with Crippen molar-refractivity contribution in [3.63, 3.8) is 0 Å². The van der Waals surface area contributed by atoms with Crippen molar-refractivity contribution in [3.8, 4) is 11.4 Å². The van der Waals surface area contributed by atoms with Gasteiger partial charge in [-0.3, -0.25) is 4.79 Å². The molecule has 1 aliphatic heterocycles. The lowest BCUT2D eigenvalue weighted by molar-refractivity contribution is 0.0927. The Morgan fingerprint density at radius 1 is 1.07 bits per heavy atom. The molecule has 0 atom stereocenters. The van der Waals surface area contributed by atoms with E-state index in [1.807, 2.05) is 6.07 Å². The molecule has 0 radical (unpaired) electrons.